The van der Waals surface area contributed by atoms with E-state index in [-0.39, 0.29) is 19.0 Å². The molecule has 1 heterocycles. The minimum Gasteiger partial charge on any atom is -0.508 e. The summed E-state index contributed by atoms with van der Waals surface area (Å²) in [5.74, 6) is -0.433. The van der Waals surface area contributed by atoms with E-state index in [9.17, 15) is 25.2 Å². The number of benzene rings is 2. The number of phenolic OH excluding ortho intramolecular Hbond substituents is 1. The Kier molecular flexibility index (Phi) is 7.18. The molecule has 0 radical (unpaired) electrons. The lowest BCUT2D eigenvalue weighted by Gasteiger charge is -2.39. The lowest BCUT2D eigenvalue weighted by molar-refractivity contribution is -0.300. The highest BCUT2D eigenvalue weighted by molar-refractivity contribution is 5.89. The van der Waals surface area contributed by atoms with E-state index in [0.717, 1.165) is 5.56 Å². The first kappa shape index (κ1) is 21.2. The van der Waals surface area contributed by atoms with Crippen molar-refractivity contribution in [1.29, 1.82) is 0 Å². The molecular formula is C21H24O8. The zero-order chi connectivity index (χ0) is 20.8. The van der Waals surface area contributed by atoms with Gasteiger partial charge >= 0.3 is 5.97 Å². The van der Waals surface area contributed by atoms with Crippen molar-refractivity contribution in [2.24, 2.45) is 0 Å². The van der Waals surface area contributed by atoms with Crippen molar-refractivity contribution in [2.45, 2.75) is 37.1 Å². The van der Waals surface area contributed by atoms with E-state index in [1.165, 1.54) is 0 Å². The van der Waals surface area contributed by atoms with E-state index in [1.54, 1.807) is 54.6 Å². The van der Waals surface area contributed by atoms with Gasteiger partial charge in [0.2, 0.25) is 0 Å². The average Bonchev–Trinajstić information content (AvgIpc) is 2.74. The fourth-order valence-electron chi connectivity index (χ4n) is 2.96. The molecule has 1 aliphatic heterocycles. The van der Waals surface area contributed by atoms with Crippen LogP contribution in [0.15, 0.2) is 54.6 Å². The van der Waals surface area contributed by atoms with E-state index in [1.807, 2.05) is 0 Å². The summed E-state index contributed by atoms with van der Waals surface area (Å²) in [6, 6.07) is 14.9. The van der Waals surface area contributed by atoms with Gasteiger partial charge in [-0.1, -0.05) is 30.3 Å². The Hall–Kier alpha value is -2.49. The normalized spacial score (nSPS) is 26.8. The maximum Gasteiger partial charge on any atom is 0.338 e. The van der Waals surface area contributed by atoms with E-state index < -0.39 is 36.7 Å². The van der Waals surface area contributed by atoms with Crippen molar-refractivity contribution < 1.29 is 39.4 Å². The zero-order valence-corrected chi connectivity index (χ0v) is 15.6. The molecule has 0 unspecified atom stereocenters. The first-order chi connectivity index (χ1) is 14.0. The molecule has 0 spiro atoms. The van der Waals surface area contributed by atoms with Crippen molar-refractivity contribution in [3.05, 3.63) is 65.7 Å². The Balaban J connectivity index is 1.53. The summed E-state index contributed by atoms with van der Waals surface area (Å²) < 4.78 is 16.2. The molecule has 8 nitrogen and oxygen atoms in total. The Morgan fingerprint density at radius 3 is 2.31 bits per heavy atom. The third-order valence-electron chi connectivity index (χ3n) is 4.67. The Bertz CT molecular complexity index is 779. The SMILES string of the molecule is O=C(OC[C@H]1O[C@@H](OCCc2ccc(O)cc2)[C@H](O)[C@@H](O)[C@@H]1O)c1ccccc1. The van der Waals surface area contributed by atoms with Gasteiger partial charge in [-0.05, 0) is 36.2 Å². The van der Waals surface area contributed by atoms with Crippen LogP contribution >= 0.6 is 0 Å². The number of carbonyl (C=O) groups excluding carboxylic acids is 1. The molecule has 0 aliphatic carbocycles. The van der Waals surface area contributed by atoms with Crippen LogP contribution in [0.1, 0.15) is 15.9 Å². The molecule has 0 bridgehead atoms. The number of carbonyl (C=O) groups is 1. The molecule has 2 aromatic carbocycles. The summed E-state index contributed by atoms with van der Waals surface area (Å²) in [6.07, 6.45) is -6.16. The van der Waals surface area contributed by atoms with Crippen LogP contribution in [0.5, 0.6) is 5.75 Å². The summed E-state index contributed by atoms with van der Waals surface area (Å²) in [6.45, 7) is -0.137. The van der Waals surface area contributed by atoms with Crippen molar-refractivity contribution in [3.63, 3.8) is 0 Å². The highest BCUT2D eigenvalue weighted by Crippen LogP contribution is 2.23. The number of rotatable bonds is 7. The largest absolute Gasteiger partial charge is 0.508 e. The van der Waals surface area contributed by atoms with E-state index in [4.69, 9.17) is 14.2 Å². The van der Waals surface area contributed by atoms with E-state index >= 15 is 0 Å². The standard InChI is InChI=1S/C21H24O8/c22-15-8-6-13(7-9-15)10-11-27-21-19(25)18(24)17(23)16(29-21)12-28-20(26)14-4-2-1-3-5-14/h1-9,16-19,21-25H,10-12H2/t16-,17-,18+,19-,21-/m1/s1. The van der Waals surface area contributed by atoms with Crippen molar-refractivity contribution in [3.8, 4) is 5.75 Å². The third kappa shape index (κ3) is 5.53. The van der Waals surface area contributed by atoms with Gasteiger partial charge in [0.15, 0.2) is 6.29 Å². The fourth-order valence-corrected chi connectivity index (χ4v) is 2.96. The smallest absolute Gasteiger partial charge is 0.338 e. The number of hydrogen-bond donors (Lipinski definition) is 4. The summed E-state index contributed by atoms with van der Waals surface area (Å²) in [5.41, 5.74) is 1.25. The maximum atomic E-state index is 12.1. The summed E-state index contributed by atoms with van der Waals surface area (Å²) >= 11 is 0. The number of hydrogen-bond acceptors (Lipinski definition) is 8. The van der Waals surface area contributed by atoms with Crippen molar-refractivity contribution in [2.75, 3.05) is 13.2 Å². The first-order valence-electron chi connectivity index (χ1n) is 9.27. The number of aliphatic hydroxyl groups excluding tert-OH is 3. The van der Waals surface area contributed by atoms with Gasteiger partial charge < -0.3 is 34.6 Å². The van der Waals surface area contributed by atoms with Crippen LogP contribution in [0.2, 0.25) is 0 Å². The Morgan fingerprint density at radius 1 is 0.931 bits per heavy atom. The topological polar surface area (TPSA) is 126 Å². The van der Waals surface area contributed by atoms with Crippen molar-refractivity contribution >= 4 is 5.97 Å². The van der Waals surface area contributed by atoms with Crippen LogP contribution in [-0.2, 0) is 20.6 Å². The summed E-state index contributed by atoms with van der Waals surface area (Å²) in [5, 5.41) is 39.6. The molecule has 1 fully saturated rings. The molecule has 4 N–H and O–H groups in total. The van der Waals surface area contributed by atoms with Gasteiger partial charge in [0.25, 0.3) is 0 Å². The Labute approximate surface area is 167 Å². The van der Waals surface area contributed by atoms with Crippen LogP contribution in [-0.4, -0.2) is 70.3 Å². The highest BCUT2D eigenvalue weighted by atomic mass is 16.7. The van der Waals surface area contributed by atoms with Crippen LogP contribution < -0.4 is 0 Å². The fraction of sp³-hybridized carbons (Fsp3) is 0.381. The van der Waals surface area contributed by atoms with Crippen LogP contribution in [0.4, 0.5) is 0 Å². The minimum absolute atomic E-state index is 0.158. The average molecular weight is 404 g/mol. The highest BCUT2D eigenvalue weighted by Gasteiger charge is 2.44. The molecular weight excluding hydrogens is 380 g/mol. The number of ether oxygens (including phenoxy) is 3. The van der Waals surface area contributed by atoms with Gasteiger partial charge in [0.1, 0.15) is 36.8 Å². The van der Waals surface area contributed by atoms with Gasteiger partial charge in [-0.15, -0.1) is 0 Å². The predicted molar refractivity (Wildman–Crippen MR) is 101 cm³/mol. The Morgan fingerprint density at radius 2 is 1.62 bits per heavy atom. The lowest BCUT2D eigenvalue weighted by Crippen LogP contribution is -2.59. The second-order valence-corrected chi connectivity index (χ2v) is 6.77. The quantitative estimate of drug-likeness (QED) is 0.495. The van der Waals surface area contributed by atoms with Crippen LogP contribution in [0, 0.1) is 0 Å². The van der Waals surface area contributed by atoms with Gasteiger partial charge in [-0.3, -0.25) is 0 Å². The van der Waals surface area contributed by atoms with Gasteiger partial charge in [0.05, 0.1) is 12.2 Å². The summed E-state index contributed by atoms with van der Waals surface area (Å²) in [7, 11) is 0. The molecule has 1 saturated heterocycles. The molecule has 5 atom stereocenters. The molecule has 0 saturated carbocycles. The van der Waals surface area contributed by atoms with E-state index in [2.05, 4.69) is 0 Å². The second kappa shape index (κ2) is 9.82. The second-order valence-electron chi connectivity index (χ2n) is 6.77. The number of aromatic hydroxyl groups is 1. The molecule has 156 valence electrons. The van der Waals surface area contributed by atoms with Crippen LogP contribution in [0.25, 0.3) is 0 Å². The predicted octanol–water partition coefficient (Wildman–Crippen LogP) is 0.616. The summed E-state index contributed by atoms with van der Waals surface area (Å²) in [4.78, 5) is 12.1. The zero-order valence-electron chi connectivity index (χ0n) is 15.6. The molecule has 0 aromatic heterocycles. The molecule has 2 aromatic rings. The van der Waals surface area contributed by atoms with Crippen molar-refractivity contribution in [1.82, 2.24) is 0 Å². The molecule has 29 heavy (non-hydrogen) atoms. The number of esters is 1. The van der Waals surface area contributed by atoms with Gasteiger partial charge in [-0.25, -0.2) is 4.79 Å². The first-order valence-corrected chi connectivity index (χ1v) is 9.27. The van der Waals surface area contributed by atoms with E-state index in [0.29, 0.717) is 12.0 Å². The van der Waals surface area contributed by atoms with Gasteiger partial charge in [-0.2, -0.15) is 0 Å². The van der Waals surface area contributed by atoms with Gasteiger partial charge in [0, 0.05) is 0 Å². The maximum absolute atomic E-state index is 12.1. The number of aliphatic hydroxyl groups is 3. The molecule has 8 heteroatoms. The number of phenols is 1. The lowest BCUT2D eigenvalue weighted by atomic mass is 9.99. The molecule has 3 rings (SSSR count). The van der Waals surface area contributed by atoms with Crippen LogP contribution in [0.3, 0.4) is 0 Å². The minimum atomic E-state index is -1.51. The third-order valence-corrected chi connectivity index (χ3v) is 4.67. The molecule has 1 aliphatic rings. The molecule has 0 amide bonds. The monoisotopic (exact) mass is 404 g/mol.